The lowest BCUT2D eigenvalue weighted by molar-refractivity contribution is -0.122. The number of allylic oxidation sites excluding steroid dienone is 1. The lowest BCUT2D eigenvalue weighted by atomic mass is 9.76. The molecule has 0 amide bonds. The number of carbonyl (C=O) groups is 1. The van der Waals surface area contributed by atoms with E-state index in [0.717, 1.165) is 22.6 Å². The summed E-state index contributed by atoms with van der Waals surface area (Å²) in [6.45, 7) is 0. The molecule has 7 heteroatoms. The van der Waals surface area contributed by atoms with Gasteiger partial charge in [0.25, 0.3) is 0 Å². The SMILES string of the molecule is COc1cc(C2C=C3Nc4ccccc4NC(c4ccccc4F)C3C(=O)C2)cc(OC)c1OC. The van der Waals surface area contributed by atoms with Crippen molar-refractivity contribution in [2.24, 2.45) is 5.92 Å². The summed E-state index contributed by atoms with van der Waals surface area (Å²) in [7, 11) is 4.69. The number of rotatable bonds is 5. The molecule has 1 aliphatic heterocycles. The van der Waals surface area contributed by atoms with E-state index < -0.39 is 12.0 Å². The maximum atomic E-state index is 14.9. The highest BCUT2D eigenvalue weighted by molar-refractivity contribution is 5.90. The predicted molar refractivity (Wildman–Crippen MR) is 133 cm³/mol. The number of fused-ring (bicyclic) bond motifs is 2. The number of nitrogens with one attached hydrogen (secondary N) is 2. The average Bonchev–Trinajstić information content (AvgIpc) is 3.04. The summed E-state index contributed by atoms with van der Waals surface area (Å²) >= 11 is 0. The van der Waals surface area contributed by atoms with Crippen LogP contribution in [0.25, 0.3) is 0 Å². The molecule has 0 fully saturated rings. The third kappa shape index (κ3) is 4.07. The first-order chi connectivity index (χ1) is 17.0. The van der Waals surface area contributed by atoms with Crippen molar-refractivity contribution in [1.29, 1.82) is 0 Å². The normalized spacial score (nSPS) is 20.9. The summed E-state index contributed by atoms with van der Waals surface area (Å²) in [5.41, 5.74) is 3.72. The fourth-order valence-corrected chi connectivity index (χ4v) is 5.02. The fraction of sp³-hybridized carbons (Fsp3) is 0.250. The van der Waals surface area contributed by atoms with Crippen molar-refractivity contribution in [3.8, 4) is 17.2 Å². The van der Waals surface area contributed by atoms with Crippen LogP contribution in [0, 0.1) is 11.7 Å². The molecule has 0 spiro atoms. The van der Waals surface area contributed by atoms with Gasteiger partial charge in [-0.15, -0.1) is 0 Å². The van der Waals surface area contributed by atoms with Crippen molar-refractivity contribution in [2.45, 2.75) is 18.4 Å². The van der Waals surface area contributed by atoms with Crippen LogP contribution in [0.1, 0.15) is 29.5 Å². The Balaban J connectivity index is 1.63. The van der Waals surface area contributed by atoms with Crippen molar-refractivity contribution in [2.75, 3.05) is 32.0 Å². The number of benzene rings is 3. The van der Waals surface area contributed by atoms with Gasteiger partial charge in [-0.05, 0) is 35.9 Å². The molecular weight excluding hydrogens is 447 g/mol. The Bertz CT molecular complexity index is 1280. The van der Waals surface area contributed by atoms with E-state index in [-0.39, 0.29) is 23.9 Å². The lowest BCUT2D eigenvalue weighted by Crippen LogP contribution is -2.34. The van der Waals surface area contributed by atoms with Gasteiger partial charge in [0.15, 0.2) is 11.5 Å². The van der Waals surface area contributed by atoms with Gasteiger partial charge >= 0.3 is 0 Å². The van der Waals surface area contributed by atoms with Crippen LogP contribution in [0.3, 0.4) is 0 Å². The van der Waals surface area contributed by atoms with E-state index in [2.05, 4.69) is 16.7 Å². The van der Waals surface area contributed by atoms with Crippen LogP contribution in [-0.4, -0.2) is 27.1 Å². The third-order valence-corrected chi connectivity index (χ3v) is 6.69. The predicted octanol–water partition coefficient (Wildman–Crippen LogP) is 5.69. The van der Waals surface area contributed by atoms with Gasteiger partial charge in [0.1, 0.15) is 11.6 Å². The molecule has 1 heterocycles. The average molecular weight is 475 g/mol. The molecule has 0 radical (unpaired) electrons. The Morgan fingerprint density at radius 1 is 0.886 bits per heavy atom. The first-order valence-electron chi connectivity index (χ1n) is 11.5. The maximum absolute atomic E-state index is 14.9. The van der Waals surface area contributed by atoms with Crippen molar-refractivity contribution >= 4 is 17.2 Å². The highest BCUT2D eigenvalue weighted by atomic mass is 19.1. The zero-order valence-corrected chi connectivity index (χ0v) is 19.8. The van der Waals surface area contributed by atoms with E-state index in [1.165, 1.54) is 6.07 Å². The Hall–Kier alpha value is -4.00. The van der Waals surface area contributed by atoms with E-state index in [1.54, 1.807) is 39.5 Å². The van der Waals surface area contributed by atoms with Gasteiger partial charge in [-0.25, -0.2) is 4.39 Å². The van der Waals surface area contributed by atoms with Gasteiger partial charge in [0, 0.05) is 23.6 Å². The number of halogens is 1. The molecule has 35 heavy (non-hydrogen) atoms. The fourth-order valence-electron chi connectivity index (χ4n) is 5.02. The maximum Gasteiger partial charge on any atom is 0.203 e. The minimum absolute atomic E-state index is 0.0160. The van der Waals surface area contributed by atoms with Gasteiger partial charge in [0.05, 0.1) is 44.7 Å². The molecule has 3 unspecified atom stereocenters. The molecule has 180 valence electrons. The minimum atomic E-state index is -0.572. The molecule has 0 saturated heterocycles. The highest BCUT2D eigenvalue weighted by Gasteiger charge is 2.40. The number of ketones is 1. The van der Waals surface area contributed by atoms with Crippen molar-refractivity contribution in [3.05, 3.63) is 89.4 Å². The van der Waals surface area contributed by atoms with Crippen molar-refractivity contribution in [3.63, 3.8) is 0 Å². The van der Waals surface area contributed by atoms with Gasteiger partial charge < -0.3 is 24.8 Å². The molecule has 3 atom stereocenters. The highest BCUT2D eigenvalue weighted by Crippen LogP contribution is 2.47. The van der Waals surface area contributed by atoms with E-state index in [0.29, 0.717) is 22.8 Å². The van der Waals surface area contributed by atoms with Crippen molar-refractivity contribution in [1.82, 2.24) is 0 Å². The van der Waals surface area contributed by atoms with E-state index in [9.17, 15) is 9.18 Å². The summed E-state index contributed by atoms with van der Waals surface area (Å²) in [5.74, 6) is 0.432. The molecule has 3 aromatic rings. The van der Waals surface area contributed by atoms with Crippen molar-refractivity contribution < 1.29 is 23.4 Å². The second kappa shape index (κ2) is 9.33. The standard InChI is InChI=1S/C28H27FN2O4/c1-33-24-14-17(15-25(34-2)28(24)35-3)16-12-22-26(23(32)13-16)27(18-8-4-5-9-19(18)29)31-21-11-7-6-10-20(21)30-22/h4-12,14-16,26-27,30-31H,13H2,1-3H3. The van der Waals surface area contributed by atoms with Gasteiger partial charge in [-0.2, -0.15) is 0 Å². The first-order valence-corrected chi connectivity index (χ1v) is 11.5. The molecule has 0 saturated carbocycles. The number of para-hydroxylation sites is 2. The summed E-state index contributed by atoms with van der Waals surface area (Å²) in [6.07, 6.45) is 2.32. The quantitative estimate of drug-likeness (QED) is 0.495. The number of methoxy groups -OCH3 is 3. The Kier molecular flexibility index (Phi) is 6.07. The summed E-state index contributed by atoms with van der Waals surface area (Å²) < 4.78 is 31.4. The topological polar surface area (TPSA) is 68.8 Å². The number of hydrogen-bond donors (Lipinski definition) is 2. The van der Waals surface area contributed by atoms with Crippen LogP contribution < -0.4 is 24.8 Å². The Morgan fingerprint density at radius 2 is 1.54 bits per heavy atom. The lowest BCUT2D eigenvalue weighted by Gasteiger charge is -2.32. The number of anilines is 2. The second-order valence-electron chi connectivity index (χ2n) is 8.65. The van der Waals surface area contributed by atoms with Gasteiger partial charge in [0.2, 0.25) is 5.75 Å². The van der Waals surface area contributed by atoms with E-state index in [4.69, 9.17) is 14.2 Å². The molecule has 2 N–H and O–H groups in total. The summed E-state index contributed by atoms with van der Waals surface area (Å²) in [5, 5.41) is 6.89. The van der Waals surface area contributed by atoms with Crippen LogP contribution in [0.2, 0.25) is 0 Å². The minimum Gasteiger partial charge on any atom is -0.493 e. The van der Waals surface area contributed by atoms with E-state index in [1.807, 2.05) is 36.4 Å². The molecular formula is C28H27FN2O4. The second-order valence-corrected chi connectivity index (χ2v) is 8.65. The van der Waals surface area contributed by atoms with Crippen LogP contribution in [0.15, 0.2) is 72.4 Å². The summed E-state index contributed by atoms with van der Waals surface area (Å²) in [6, 6.07) is 17.5. The Morgan fingerprint density at radius 3 is 2.20 bits per heavy atom. The van der Waals surface area contributed by atoms with Crippen LogP contribution in [0.4, 0.5) is 15.8 Å². The molecule has 5 rings (SSSR count). The number of ether oxygens (including phenoxy) is 3. The number of hydrogen-bond acceptors (Lipinski definition) is 6. The van der Waals surface area contributed by atoms with Crippen LogP contribution in [0.5, 0.6) is 17.2 Å². The first kappa shape index (κ1) is 22.8. The Labute approximate surface area is 203 Å². The molecule has 0 aromatic heterocycles. The molecule has 6 nitrogen and oxygen atoms in total. The largest absolute Gasteiger partial charge is 0.493 e. The number of Topliss-reactive ketones (excluding diaryl/α,β-unsaturated/α-hetero) is 1. The molecule has 3 aromatic carbocycles. The monoisotopic (exact) mass is 474 g/mol. The van der Waals surface area contributed by atoms with Crippen LogP contribution >= 0.6 is 0 Å². The van der Waals surface area contributed by atoms with Crippen LogP contribution in [-0.2, 0) is 4.79 Å². The molecule has 2 aliphatic rings. The zero-order chi connectivity index (χ0) is 24.5. The zero-order valence-electron chi connectivity index (χ0n) is 19.8. The van der Waals surface area contributed by atoms with Gasteiger partial charge in [-0.1, -0.05) is 36.4 Å². The third-order valence-electron chi connectivity index (χ3n) is 6.69. The number of carbonyl (C=O) groups excluding carboxylic acids is 1. The molecule has 0 bridgehead atoms. The van der Waals surface area contributed by atoms with E-state index >= 15 is 0 Å². The summed E-state index contributed by atoms with van der Waals surface area (Å²) in [4.78, 5) is 13.7. The smallest absolute Gasteiger partial charge is 0.203 e. The van der Waals surface area contributed by atoms with Gasteiger partial charge in [-0.3, -0.25) is 4.79 Å². The molecule has 1 aliphatic carbocycles.